The Morgan fingerprint density at radius 1 is 1.31 bits per heavy atom. The minimum absolute atomic E-state index is 0. The van der Waals surface area contributed by atoms with E-state index in [1.807, 2.05) is 24.3 Å². The maximum absolute atomic E-state index is 3.29. The molecular formula is C11H11NY-2. The molecule has 13 heavy (non-hydrogen) atoms. The molecule has 1 aromatic rings. The van der Waals surface area contributed by atoms with Crippen molar-refractivity contribution in [1.29, 1.82) is 0 Å². The molecule has 2 rings (SSSR count). The first-order valence-corrected chi connectivity index (χ1v) is 4.28. The van der Waals surface area contributed by atoms with Gasteiger partial charge in [-0.1, -0.05) is 12.1 Å². The second kappa shape index (κ2) is 5.56. The van der Waals surface area contributed by atoms with Gasteiger partial charge in [-0.15, -0.1) is 6.07 Å². The van der Waals surface area contributed by atoms with Crippen LogP contribution in [0.1, 0.15) is 19.3 Å². The Morgan fingerprint density at radius 2 is 2.23 bits per heavy atom. The minimum atomic E-state index is 0. The SMILES string of the molecule is [C-]1=C(Nc2[c-]cccc2)CCC1.[Y]. The van der Waals surface area contributed by atoms with Gasteiger partial charge in [0.2, 0.25) is 0 Å². The second-order valence-corrected chi connectivity index (χ2v) is 2.91. The van der Waals surface area contributed by atoms with E-state index in [-0.39, 0.29) is 32.7 Å². The standard InChI is InChI=1S/C11H11N.Y/c1-2-6-10(7-3-1)12-11-8-4-5-9-11;/h1-3,6,12H,4-5,8H2;/q-2;. The molecule has 0 saturated carbocycles. The molecule has 2 heteroatoms. The van der Waals surface area contributed by atoms with Gasteiger partial charge in [-0.25, -0.2) is 0 Å². The smallest absolute Gasteiger partial charge is 0 e. The van der Waals surface area contributed by atoms with Crippen molar-refractivity contribution >= 4 is 5.69 Å². The quantitative estimate of drug-likeness (QED) is 0.791. The summed E-state index contributed by atoms with van der Waals surface area (Å²) in [5.41, 5.74) is 2.26. The normalized spacial score (nSPS) is 14.6. The molecule has 0 aliphatic heterocycles. The molecular weight excluding hydrogens is 235 g/mol. The monoisotopic (exact) mass is 246 g/mol. The van der Waals surface area contributed by atoms with Crippen LogP contribution in [0.4, 0.5) is 5.69 Å². The van der Waals surface area contributed by atoms with Crippen molar-refractivity contribution < 1.29 is 32.7 Å². The molecule has 1 radical (unpaired) electrons. The maximum Gasteiger partial charge on any atom is 0 e. The van der Waals surface area contributed by atoms with Gasteiger partial charge in [0.25, 0.3) is 0 Å². The summed E-state index contributed by atoms with van der Waals surface area (Å²) in [4.78, 5) is 0. The number of hydrogen-bond acceptors (Lipinski definition) is 1. The average Bonchev–Trinajstić information content (AvgIpc) is 2.59. The van der Waals surface area contributed by atoms with Crippen LogP contribution in [-0.4, -0.2) is 0 Å². The first-order chi connectivity index (χ1) is 5.95. The van der Waals surface area contributed by atoms with Crippen LogP contribution >= 0.6 is 0 Å². The fourth-order valence-electron chi connectivity index (χ4n) is 1.33. The molecule has 1 aliphatic rings. The van der Waals surface area contributed by atoms with Gasteiger partial charge in [0.15, 0.2) is 0 Å². The van der Waals surface area contributed by atoms with Crippen LogP contribution in [0.25, 0.3) is 0 Å². The first kappa shape index (κ1) is 10.9. The summed E-state index contributed by atoms with van der Waals surface area (Å²) in [5, 5.41) is 3.29. The molecule has 0 heterocycles. The third-order valence-electron chi connectivity index (χ3n) is 1.94. The van der Waals surface area contributed by atoms with Crippen LogP contribution in [0, 0.1) is 12.1 Å². The summed E-state index contributed by atoms with van der Waals surface area (Å²) >= 11 is 0. The molecule has 0 aromatic heterocycles. The fourth-order valence-corrected chi connectivity index (χ4v) is 1.33. The van der Waals surface area contributed by atoms with Crippen molar-refractivity contribution in [3.05, 3.63) is 42.1 Å². The summed E-state index contributed by atoms with van der Waals surface area (Å²) in [5.74, 6) is 0. The van der Waals surface area contributed by atoms with Gasteiger partial charge in [-0.2, -0.15) is 36.4 Å². The van der Waals surface area contributed by atoms with Crippen molar-refractivity contribution in [3.63, 3.8) is 0 Å². The van der Waals surface area contributed by atoms with E-state index in [4.69, 9.17) is 0 Å². The summed E-state index contributed by atoms with van der Waals surface area (Å²) < 4.78 is 0. The zero-order valence-corrected chi connectivity index (χ0v) is 10.3. The third-order valence-corrected chi connectivity index (χ3v) is 1.94. The van der Waals surface area contributed by atoms with E-state index in [1.165, 1.54) is 12.1 Å². The average molecular weight is 246 g/mol. The number of benzene rings is 1. The van der Waals surface area contributed by atoms with Crippen LogP contribution in [0.5, 0.6) is 0 Å². The summed E-state index contributed by atoms with van der Waals surface area (Å²) in [7, 11) is 0. The molecule has 65 valence electrons. The summed E-state index contributed by atoms with van der Waals surface area (Å²) in [6, 6.07) is 11.0. The molecule has 0 spiro atoms. The maximum atomic E-state index is 3.29. The number of allylic oxidation sites excluding steroid dienone is 2. The van der Waals surface area contributed by atoms with E-state index in [0.717, 1.165) is 18.5 Å². The van der Waals surface area contributed by atoms with Gasteiger partial charge in [0.05, 0.1) is 0 Å². The molecule has 0 bridgehead atoms. The van der Waals surface area contributed by atoms with Gasteiger partial charge >= 0.3 is 0 Å². The van der Waals surface area contributed by atoms with Crippen molar-refractivity contribution in [1.82, 2.24) is 0 Å². The van der Waals surface area contributed by atoms with Gasteiger partial charge in [0, 0.05) is 32.7 Å². The number of hydrogen-bond donors (Lipinski definition) is 1. The third kappa shape index (κ3) is 3.24. The Kier molecular flexibility index (Phi) is 4.68. The zero-order valence-electron chi connectivity index (χ0n) is 7.51. The Morgan fingerprint density at radius 3 is 2.85 bits per heavy atom. The van der Waals surface area contributed by atoms with Gasteiger partial charge in [0.1, 0.15) is 0 Å². The molecule has 1 N–H and O–H groups in total. The fraction of sp³-hybridized carbons (Fsp3) is 0.273. The number of nitrogens with one attached hydrogen (secondary N) is 1. The molecule has 0 fully saturated rings. The number of para-hydroxylation sites is 1. The molecule has 0 saturated heterocycles. The molecule has 0 unspecified atom stereocenters. The Hall–Kier alpha value is -0.136. The van der Waals surface area contributed by atoms with Gasteiger partial charge in [-0.05, 0) is 6.42 Å². The van der Waals surface area contributed by atoms with Crippen LogP contribution in [0.2, 0.25) is 0 Å². The largest absolute Gasteiger partial charge is 0.476 e. The zero-order chi connectivity index (χ0) is 8.23. The van der Waals surface area contributed by atoms with Crippen molar-refractivity contribution in [2.45, 2.75) is 19.3 Å². The van der Waals surface area contributed by atoms with Crippen molar-refractivity contribution in [2.24, 2.45) is 0 Å². The molecule has 1 aromatic carbocycles. The van der Waals surface area contributed by atoms with Crippen LogP contribution < -0.4 is 5.32 Å². The first-order valence-electron chi connectivity index (χ1n) is 4.28. The Labute approximate surface area is 104 Å². The van der Waals surface area contributed by atoms with Gasteiger partial charge < -0.3 is 11.4 Å². The van der Waals surface area contributed by atoms with Crippen LogP contribution in [0.3, 0.4) is 0 Å². The van der Waals surface area contributed by atoms with Crippen molar-refractivity contribution in [3.8, 4) is 0 Å². The summed E-state index contributed by atoms with van der Waals surface area (Å²) in [6.45, 7) is 0. The van der Waals surface area contributed by atoms with Crippen LogP contribution in [-0.2, 0) is 32.7 Å². The Balaban J connectivity index is 0.000000845. The predicted octanol–water partition coefficient (Wildman–Crippen LogP) is 2.77. The van der Waals surface area contributed by atoms with E-state index in [1.54, 1.807) is 0 Å². The summed E-state index contributed by atoms with van der Waals surface area (Å²) in [6.07, 6.45) is 6.74. The molecule has 0 amide bonds. The van der Waals surface area contributed by atoms with Crippen LogP contribution in [0.15, 0.2) is 30.0 Å². The van der Waals surface area contributed by atoms with Gasteiger partial charge in [-0.3, -0.25) is 0 Å². The number of rotatable bonds is 2. The second-order valence-electron chi connectivity index (χ2n) is 2.91. The molecule has 0 atom stereocenters. The van der Waals surface area contributed by atoms with E-state index >= 15 is 0 Å². The predicted molar refractivity (Wildman–Crippen MR) is 49.5 cm³/mol. The van der Waals surface area contributed by atoms with E-state index < -0.39 is 0 Å². The van der Waals surface area contributed by atoms with E-state index in [9.17, 15) is 0 Å². The number of anilines is 1. The van der Waals surface area contributed by atoms with E-state index in [2.05, 4.69) is 17.5 Å². The molecule has 1 nitrogen and oxygen atoms in total. The Bertz CT molecular complexity index is 279. The van der Waals surface area contributed by atoms with Crippen molar-refractivity contribution in [2.75, 3.05) is 5.32 Å². The minimum Gasteiger partial charge on any atom is -0.476 e. The van der Waals surface area contributed by atoms with E-state index in [0.29, 0.717) is 0 Å². The molecule has 1 aliphatic carbocycles. The topological polar surface area (TPSA) is 12.0 Å².